The Hall–Kier alpha value is -2.73. The highest BCUT2D eigenvalue weighted by Crippen LogP contribution is 2.26. The number of pyridine rings is 1. The molecule has 1 N–H and O–H groups in total. The lowest BCUT2D eigenvalue weighted by Gasteiger charge is -2.16. The summed E-state index contributed by atoms with van der Waals surface area (Å²) in [4.78, 5) is 10.9. The summed E-state index contributed by atoms with van der Waals surface area (Å²) in [5.41, 5.74) is 1.74. The predicted molar refractivity (Wildman–Crippen MR) is 85.8 cm³/mol. The van der Waals surface area contributed by atoms with Crippen LogP contribution in [-0.4, -0.2) is 39.4 Å². The minimum atomic E-state index is -0.284. The molecule has 1 unspecified atom stereocenters. The van der Waals surface area contributed by atoms with E-state index in [1.807, 2.05) is 42.5 Å². The molecule has 1 atom stereocenters. The largest absolute Gasteiger partial charge is 0.391 e. The number of rotatable bonds is 3. The normalized spacial score (nSPS) is 17.6. The van der Waals surface area contributed by atoms with Crippen LogP contribution in [0.15, 0.2) is 53.2 Å². The second-order valence-electron chi connectivity index (χ2n) is 5.58. The monoisotopic (exact) mass is 308 g/mol. The van der Waals surface area contributed by atoms with Crippen LogP contribution >= 0.6 is 0 Å². The fraction of sp³-hybridized carbons (Fsp3) is 0.235. The van der Waals surface area contributed by atoms with Crippen LogP contribution in [0.4, 0.5) is 5.82 Å². The number of aromatic nitrogens is 3. The topological polar surface area (TPSA) is 75.3 Å². The highest BCUT2D eigenvalue weighted by atomic mass is 16.5. The van der Waals surface area contributed by atoms with Crippen molar-refractivity contribution in [1.29, 1.82) is 0 Å². The van der Waals surface area contributed by atoms with E-state index in [-0.39, 0.29) is 6.10 Å². The molecule has 0 spiro atoms. The van der Waals surface area contributed by atoms with Gasteiger partial charge in [-0.05, 0) is 18.6 Å². The average molecular weight is 308 g/mol. The van der Waals surface area contributed by atoms with Crippen molar-refractivity contribution in [3.63, 3.8) is 0 Å². The third-order valence-electron chi connectivity index (χ3n) is 3.94. The van der Waals surface area contributed by atoms with Gasteiger partial charge < -0.3 is 14.5 Å². The maximum atomic E-state index is 9.67. The Morgan fingerprint density at radius 1 is 1.13 bits per heavy atom. The Bertz CT molecular complexity index is 803. The van der Waals surface area contributed by atoms with Gasteiger partial charge in [0.25, 0.3) is 5.89 Å². The van der Waals surface area contributed by atoms with E-state index in [0.29, 0.717) is 18.3 Å². The molecule has 1 fully saturated rings. The fourth-order valence-corrected chi connectivity index (χ4v) is 2.72. The van der Waals surface area contributed by atoms with Crippen LogP contribution in [0.3, 0.4) is 0 Å². The number of hydrogen-bond acceptors (Lipinski definition) is 6. The van der Waals surface area contributed by atoms with Crippen molar-refractivity contribution in [3.8, 4) is 22.8 Å². The van der Waals surface area contributed by atoms with Gasteiger partial charge in [-0.25, -0.2) is 4.98 Å². The lowest BCUT2D eigenvalue weighted by Crippen LogP contribution is -2.22. The molecule has 0 aliphatic carbocycles. The molecule has 0 saturated carbocycles. The van der Waals surface area contributed by atoms with Gasteiger partial charge in [0.1, 0.15) is 5.82 Å². The van der Waals surface area contributed by atoms with E-state index in [2.05, 4.69) is 20.0 Å². The van der Waals surface area contributed by atoms with Crippen LogP contribution in [0.2, 0.25) is 0 Å². The SMILES string of the molecule is OC1CCN(c2cc(-c3nc(-c4ccccc4)no3)ccn2)C1. The zero-order valence-electron chi connectivity index (χ0n) is 12.5. The molecule has 116 valence electrons. The van der Waals surface area contributed by atoms with Crippen molar-refractivity contribution in [1.82, 2.24) is 15.1 Å². The third-order valence-corrected chi connectivity index (χ3v) is 3.94. The van der Waals surface area contributed by atoms with Gasteiger partial charge in [0.2, 0.25) is 5.82 Å². The Morgan fingerprint density at radius 3 is 2.78 bits per heavy atom. The zero-order chi connectivity index (χ0) is 15.6. The molecule has 23 heavy (non-hydrogen) atoms. The van der Waals surface area contributed by atoms with Gasteiger partial charge in [0.05, 0.1) is 6.10 Å². The van der Waals surface area contributed by atoms with E-state index >= 15 is 0 Å². The van der Waals surface area contributed by atoms with Crippen molar-refractivity contribution in [2.75, 3.05) is 18.0 Å². The summed E-state index contributed by atoms with van der Waals surface area (Å²) in [7, 11) is 0. The second-order valence-corrected chi connectivity index (χ2v) is 5.58. The van der Waals surface area contributed by atoms with Crippen LogP contribution < -0.4 is 4.90 Å². The fourth-order valence-electron chi connectivity index (χ4n) is 2.72. The molecular formula is C17H16N4O2. The summed E-state index contributed by atoms with van der Waals surface area (Å²) in [5, 5.41) is 13.7. The first-order chi connectivity index (χ1) is 11.3. The van der Waals surface area contributed by atoms with E-state index in [1.165, 1.54) is 0 Å². The van der Waals surface area contributed by atoms with Crippen molar-refractivity contribution in [3.05, 3.63) is 48.7 Å². The standard InChI is InChI=1S/C17H16N4O2/c22-14-7-9-21(11-14)15-10-13(6-8-18-15)17-19-16(20-23-17)12-4-2-1-3-5-12/h1-6,8,10,14,22H,7,9,11H2. The third kappa shape index (κ3) is 2.80. The number of β-amino-alcohol motifs (C(OH)–C–C–N with tert-alkyl or cyclic N) is 1. The number of benzene rings is 1. The van der Waals surface area contributed by atoms with E-state index in [4.69, 9.17) is 4.52 Å². The highest BCUT2D eigenvalue weighted by molar-refractivity contribution is 5.62. The molecule has 1 saturated heterocycles. The Labute approximate surface area is 133 Å². The van der Waals surface area contributed by atoms with Gasteiger partial charge in [0, 0.05) is 30.4 Å². The Balaban J connectivity index is 1.62. The van der Waals surface area contributed by atoms with E-state index in [0.717, 1.165) is 29.9 Å². The predicted octanol–water partition coefficient (Wildman–Crippen LogP) is 2.37. The van der Waals surface area contributed by atoms with Gasteiger partial charge in [0.15, 0.2) is 0 Å². The molecule has 0 radical (unpaired) electrons. The molecule has 0 bridgehead atoms. The summed E-state index contributed by atoms with van der Waals surface area (Å²) < 4.78 is 5.39. The minimum absolute atomic E-state index is 0.284. The Morgan fingerprint density at radius 2 is 2.00 bits per heavy atom. The van der Waals surface area contributed by atoms with Gasteiger partial charge in [-0.3, -0.25) is 0 Å². The lowest BCUT2D eigenvalue weighted by molar-refractivity contribution is 0.198. The van der Waals surface area contributed by atoms with Crippen LogP contribution in [0.25, 0.3) is 22.8 Å². The number of anilines is 1. The van der Waals surface area contributed by atoms with Gasteiger partial charge in [-0.1, -0.05) is 35.5 Å². The number of hydrogen-bond donors (Lipinski definition) is 1. The first kappa shape index (κ1) is 13.9. The molecule has 6 nitrogen and oxygen atoms in total. The maximum absolute atomic E-state index is 9.67. The molecular weight excluding hydrogens is 292 g/mol. The summed E-state index contributed by atoms with van der Waals surface area (Å²) in [5.74, 6) is 1.85. The van der Waals surface area contributed by atoms with Crippen LogP contribution in [0.5, 0.6) is 0 Å². The van der Waals surface area contributed by atoms with Gasteiger partial charge in [-0.2, -0.15) is 4.98 Å². The first-order valence-corrected chi connectivity index (χ1v) is 7.58. The van der Waals surface area contributed by atoms with Crippen LogP contribution in [0, 0.1) is 0 Å². The van der Waals surface area contributed by atoms with E-state index in [1.54, 1.807) is 6.20 Å². The van der Waals surface area contributed by atoms with E-state index < -0.39 is 0 Å². The zero-order valence-corrected chi connectivity index (χ0v) is 12.5. The maximum Gasteiger partial charge on any atom is 0.258 e. The molecule has 1 aliphatic heterocycles. The molecule has 0 amide bonds. The number of aliphatic hydroxyl groups excluding tert-OH is 1. The van der Waals surface area contributed by atoms with Crippen molar-refractivity contribution in [2.24, 2.45) is 0 Å². The van der Waals surface area contributed by atoms with Gasteiger partial charge >= 0.3 is 0 Å². The molecule has 1 aromatic carbocycles. The molecule has 1 aliphatic rings. The van der Waals surface area contributed by atoms with Crippen LogP contribution in [-0.2, 0) is 0 Å². The van der Waals surface area contributed by atoms with Gasteiger partial charge in [-0.15, -0.1) is 0 Å². The van der Waals surface area contributed by atoms with Crippen LogP contribution in [0.1, 0.15) is 6.42 Å². The quantitative estimate of drug-likeness (QED) is 0.800. The summed E-state index contributed by atoms with van der Waals surface area (Å²) in [6, 6.07) is 13.5. The summed E-state index contributed by atoms with van der Waals surface area (Å²) in [6.07, 6.45) is 2.21. The summed E-state index contributed by atoms with van der Waals surface area (Å²) >= 11 is 0. The Kier molecular flexibility index (Phi) is 3.51. The van der Waals surface area contributed by atoms with Crippen molar-refractivity contribution in [2.45, 2.75) is 12.5 Å². The second kappa shape index (κ2) is 5.81. The molecule has 3 aromatic rings. The smallest absolute Gasteiger partial charge is 0.258 e. The number of nitrogens with zero attached hydrogens (tertiary/aromatic N) is 4. The first-order valence-electron chi connectivity index (χ1n) is 7.58. The van der Waals surface area contributed by atoms with Crippen molar-refractivity contribution >= 4 is 5.82 Å². The molecule has 3 heterocycles. The van der Waals surface area contributed by atoms with Crippen molar-refractivity contribution < 1.29 is 9.63 Å². The number of aliphatic hydroxyl groups is 1. The highest BCUT2D eigenvalue weighted by Gasteiger charge is 2.22. The molecule has 2 aromatic heterocycles. The summed E-state index contributed by atoms with van der Waals surface area (Å²) in [6.45, 7) is 1.41. The molecule has 4 rings (SSSR count). The average Bonchev–Trinajstić information content (AvgIpc) is 3.25. The lowest BCUT2D eigenvalue weighted by atomic mass is 10.2. The molecule has 6 heteroatoms. The minimum Gasteiger partial charge on any atom is -0.391 e. The van der Waals surface area contributed by atoms with E-state index in [9.17, 15) is 5.11 Å².